The fourth-order valence-electron chi connectivity index (χ4n) is 6.09. The molecule has 0 amide bonds. The number of aliphatic hydroxyl groups excluding tert-OH is 1. The molecule has 6 heteroatoms. The van der Waals surface area contributed by atoms with Crippen LogP contribution in [0.5, 0.6) is 11.5 Å². The molecule has 3 aromatic rings. The molecule has 0 aliphatic carbocycles. The maximum Gasteiger partial charge on any atom is 0.120 e. The van der Waals surface area contributed by atoms with Crippen LogP contribution in [0.3, 0.4) is 0 Å². The minimum absolute atomic E-state index is 0.0557. The number of aliphatic hydroxyl groups is 1. The van der Waals surface area contributed by atoms with E-state index in [2.05, 4.69) is 58.8 Å². The average Bonchev–Trinajstić information content (AvgIpc) is 3.14. The lowest BCUT2D eigenvalue weighted by atomic mass is 9.68. The normalized spacial score (nSPS) is 20.8. The van der Waals surface area contributed by atoms with E-state index in [0.29, 0.717) is 0 Å². The Kier molecular flexibility index (Phi) is 5.85. The van der Waals surface area contributed by atoms with Crippen LogP contribution in [0.4, 0.5) is 0 Å². The molecule has 0 radical (unpaired) electrons. The van der Waals surface area contributed by atoms with E-state index in [-0.39, 0.29) is 18.1 Å². The summed E-state index contributed by atoms with van der Waals surface area (Å²) >= 11 is 0. The molecule has 1 atom stereocenters. The first-order valence-corrected chi connectivity index (χ1v) is 11.8. The van der Waals surface area contributed by atoms with Crippen molar-refractivity contribution in [2.45, 2.75) is 30.8 Å². The standard InChI is InChI=1S/C27H35N3O3/c1-28-12-10-27(11-13-28)18-30(16-19-6-5-7-20(14-19)32-3)24(17-31)26-25(27)22-9-8-21(33-4)15-23(22)29(26)2/h5-9,14-15,24,31H,10-13,16-18H2,1-4H3/t24-/m1/s1. The SMILES string of the molecule is COc1cccc(CN2CC3(CCN(C)CC3)c3c(n(C)c4cc(OC)ccc34)[C@H]2CO)c1. The monoisotopic (exact) mass is 449 g/mol. The van der Waals surface area contributed by atoms with Crippen LogP contribution in [0.15, 0.2) is 42.5 Å². The molecule has 1 fully saturated rings. The van der Waals surface area contributed by atoms with Gasteiger partial charge < -0.3 is 24.0 Å². The number of aryl methyl sites for hydroxylation is 1. The molecule has 2 aliphatic heterocycles. The van der Waals surface area contributed by atoms with Gasteiger partial charge in [0, 0.05) is 42.7 Å². The molecule has 3 heterocycles. The number of rotatable bonds is 5. The van der Waals surface area contributed by atoms with Gasteiger partial charge in [0.2, 0.25) is 0 Å². The number of hydrogen-bond donors (Lipinski definition) is 1. The Bertz CT molecular complexity index is 1150. The second-order valence-electron chi connectivity index (χ2n) is 9.74. The van der Waals surface area contributed by atoms with Crippen molar-refractivity contribution in [1.82, 2.24) is 14.4 Å². The summed E-state index contributed by atoms with van der Waals surface area (Å²) in [7, 11) is 7.78. The van der Waals surface area contributed by atoms with Crippen molar-refractivity contribution in [2.75, 3.05) is 47.5 Å². The smallest absolute Gasteiger partial charge is 0.120 e. The maximum absolute atomic E-state index is 10.7. The van der Waals surface area contributed by atoms with Crippen molar-refractivity contribution < 1.29 is 14.6 Å². The van der Waals surface area contributed by atoms with Gasteiger partial charge in [-0.1, -0.05) is 12.1 Å². The van der Waals surface area contributed by atoms with Crippen LogP contribution >= 0.6 is 0 Å². The lowest BCUT2D eigenvalue weighted by molar-refractivity contribution is 0.0456. The summed E-state index contributed by atoms with van der Waals surface area (Å²) in [6.45, 7) is 3.99. The number of ether oxygens (including phenoxy) is 2. The van der Waals surface area contributed by atoms with Gasteiger partial charge in [-0.25, -0.2) is 0 Å². The second kappa shape index (κ2) is 8.67. The summed E-state index contributed by atoms with van der Waals surface area (Å²) in [6, 6.07) is 14.7. The number of piperidine rings is 1. The van der Waals surface area contributed by atoms with Gasteiger partial charge in [-0.15, -0.1) is 0 Å². The van der Waals surface area contributed by atoms with Gasteiger partial charge in [-0.2, -0.15) is 0 Å². The number of methoxy groups -OCH3 is 2. The quantitative estimate of drug-likeness (QED) is 0.644. The Hall–Kier alpha value is -2.54. The minimum atomic E-state index is -0.0557. The molecular formula is C27H35N3O3. The molecule has 0 unspecified atom stereocenters. The molecule has 1 N–H and O–H groups in total. The molecule has 2 aromatic carbocycles. The van der Waals surface area contributed by atoms with E-state index in [9.17, 15) is 5.11 Å². The number of likely N-dealkylation sites (tertiary alicyclic amines) is 1. The number of benzene rings is 2. The first-order valence-electron chi connectivity index (χ1n) is 11.8. The summed E-state index contributed by atoms with van der Waals surface area (Å²) in [6.07, 6.45) is 2.24. The van der Waals surface area contributed by atoms with Gasteiger partial charge in [0.25, 0.3) is 0 Å². The van der Waals surface area contributed by atoms with E-state index in [0.717, 1.165) is 50.5 Å². The number of nitrogens with zero attached hydrogens (tertiary/aromatic N) is 3. The fourth-order valence-corrected chi connectivity index (χ4v) is 6.09. The van der Waals surface area contributed by atoms with E-state index >= 15 is 0 Å². The zero-order valence-corrected chi connectivity index (χ0v) is 20.2. The first-order chi connectivity index (χ1) is 16.0. The predicted molar refractivity (Wildman–Crippen MR) is 131 cm³/mol. The van der Waals surface area contributed by atoms with Crippen LogP contribution in [-0.4, -0.2) is 67.0 Å². The number of fused-ring (bicyclic) bond motifs is 4. The van der Waals surface area contributed by atoms with Crippen molar-refractivity contribution in [1.29, 1.82) is 0 Å². The van der Waals surface area contributed by atoms with Crippen LogP contribution in [0.25, 0.3) is 10.9 Å². The zero-order chi connectivity index (χ0) is 23.2. The Morgan fingerprint density at radius 3 is 2.42 bits per heavy atom. The van der Waals surface area contributed by atoms with E-state index < -0.39 is 0 Å². The van der Waals surface area contributed by atoms with Crippen LogP contribution < -0.4 is 9.47 Å². The Balaban J connectivity index is 1.66. The summed E-state index contributed by atoms with van der Waals surface area (Å²) < 4.78 is 13.3. The lowest BCUT2D eigenvalue weighted by Gasteiger charge is -2.50. The highest BCUT2D eigenvalue weighted by atomic mass is 16.5. The fraction of sp³-hybridized carbons (Fsp3) is 0.481. The molecule has 1 saturated heterocycles. The summed E-state index contributed by atoms with van der Waals surface area (Å²) in [5.41, 5.74) is 5.15. The average molecular weight is 450 g/mol. The maximum atomic E-state index is 10.7. The largest absolute Gasteiger partial charge is 0.497 e. The van der Waals surface area contributed by atoms with Gasteiger partial charge in [0.05, 0.1) is 32.4 Å². The van der Waals surface area contributed by atoms with Crippen molar-refractivity contribution in [3.63, 3.8) is 0 Å². The van der Waals surface area contributed by atoms with Crippen molar-refractivity contribution >= 4 is 10.9 Å². The molecule has 1 spiro atoms. The summed E-state index contributed by atoms with van der Waals surface area (Å²) in [5, 5.41) is 12.0. The summed E-state index contributed by atoms with van der Waals surface area (Å²) in [4.78, 5) is 4.92. The molecule has 33 heavy (non-hydrogen) atoms. The number of aromatic nitrogens is 1. The third kappa shape index (κ3) is 3.70. The molecule has 2 aliphatic rings. The van der Waals surface area contributed by atoms with Crippen LogP contribution in [0.2, 0.25) is 0 Å². The Morgan fingerprint density at radius 1 is 1.00 bits per heavy atom. The van der Waals surface area contributed by atoms with Gasteiger partial charge in [-0.05, 0) is 68.4 Å². The third-order valence-electron chi connectivity index (χ3n) is 7.88. The molecule has 0 bridgehead atoms. The van der Waals surface area contributed by atoms with Gasteiger partial charge in [-0.3, -0.25) is 4.90 Å². The second-order valence-corrected chi connectivity index (χ2v) is 9.74. The van der Waals surface area contributed by atoms with E-state index in [4.69, 9.17) is 9.47 Å². The van der Waals surface area contributed by atoms with E-state index in [1.807, 2.05) is 12.1 Å². The van der Waals surface area contributed by atoms with Crippen molar-refractivity contribution in [2.24, 2.45) is 7.05 Å². The molecule has 1 aromatic heterocycles. The first kappa shape index (κ1) is 22.3. The summed E-state index contributed by atoms with van der Waals surface area (Å²) in [5.74, 6) is 1.74. The van der Waals surface area contributed by atoms with Gasteiger partial charge in [0.1, 0.15) is 11.5 Å². The highest BCUT2D eigenvalue weighted by molar-refractivity contribution is 5.88. The topological polar surface area (TPSA) is 50.1 Å². The highest BCUT2D eigenvalue weighted by Crippen LogP contribution is 2.50. The van der Waals surface area contributed by atoms with E-state index in [1.165, 1.54) is 27.7 Å². The van der Waals surface area contributed by atoms with Gasteiger partial charge >= 0.3 is 0 Å². The predicted octanol–water partition coefficient (Wildman–Crippen LogP) is 3.71. The van der Waals surface area contributed by atoms with Crippen LogP contribution in [-0.2, 0) is 19.0 Å². The van der Waals surface area contributed by atoms with Crippen LogP contribution in [0.1, 0.15) is 35.7 Å². The minimum Gasteiger partial charge on any atom is -0.497 e. The molecule has 5 rings (SSSR count). The van der Waals surface area contributed by atoms with Crippen LogP contribution in [0, 0.1) is 0 Å². The molecule has 6 nitrogen and oxygen atoms in total. The Morgan fingerprint density at radius 2 is 1.73 bits per heavy atom. The Labute approximate surface area is 196 Å². The molecular weight excluding hydrogens is 414 g/mol. The van der Waals surface area contributed by atoms with Crippen molar-refractivity contribution in [3.8, 4) is 11.5 Å². The third-order valence-corrected chi connectivity index (χ3v) is 7.88. The lowest BCUT2D eigenvalue weighted by Crippen LogP contribution is -2.53. The van der Waals surface area contributed by atoms with E-state index in [1.54, 1.807) is 14.2 Å². The number of hydrogen-bond acceptors (Lipinski definition) is 5. The van der Waals surface area contributed by atoms with Crippen molar-refractivity contribution in [3.05, 3.63) is 59.3 Å². The zero-order valence-electron chi connectivity index (χ0n) is 20.2. The molecule has 0 saturated carbocycles. The highest BCUT2D eigenvalue weighted by Gasteiger charge is 2.47. The van der Waals surface area contributed by atoms with Gasteiger partial charge in [0.15, 0.2) is 0 Å². The molecule has 176 valence electrons.